The molecule has 1 amide bonds. The van der Waals surface area contributed by atoms with E-state index in [0.29, 0.717) is 18.5 Å². The highest BCUT2D eigenvalue weighted by atomic mass is 35.5. The Balaban J connectivity index is 1.31. The molecule has 0 atom stereocenters. The van der Waals surface area contributed by atoms with Gasteiger partial charge >= 0.3 is 0 Å². The standard InChI is InChI=1S/C21H23ClN6O/c22-18-5-3-16(4-6-18)15-27-11-8-20-26-25-19(28(20)13-12-27)7-10-24-21(29)17-2-1-9-23-14-17/h1-6,9,14H,7-8,10-13,15H2,(H,24,29). The fourth-order valence-electron chi connectivity index (χ4n) is 3.50. The van der Waals surface area contributed by atoms with Crippen LogP contribution >= 0.6 is 11.6 Å². The van der Waals surface area contributed by atoms with Crippen molar-refractivity contribution in [2.45, 2.75) is 25.9 Å². The summed E-state index contributed by atoms with van der Waals surface area (Å²) in [4.78, 5) is 18.5. The van der Waals surface area contributed by atoms with Crippen LogP contribution in [-0.4, -0.2) is 50.2 Å². The van der Waals surface area contributed by atoms with Gasteiger partial charge in [-0.15, -0.1) is 10.2 Å². The second-order valence-corrected chi connectivity index (χ2v) is 7.52. The number of carbonyl (C=O) groups excluding carboxylic acids is 1. The summed E-state index contributed by atoms with van der Waals surface area (Å²) in [6, 6.07) is 11.5. The average molecular weight is 411 g/mol. The van der Waals surface area contributed by atoms with Crippen molar-refractivity contribution in [3.05, 3.63) is 76.6 Å². The summed E-state index contributed by atoms with van der Waals surface area (Å²) in [6.45, 7) is 4.13. The Bertz CT molecular complexity index is 957. The smallest absolute Gasteiger partial charge is 0.252 e. The first-order valence-corrected chi connectivity index (χ1v) is 10.1. The van der Waals surface area contributed by atoms with Crippen LogP contribution in [0.4, 0.5) is 0 Å². The van der Waals surface area contributed by atoms with Gasteiger partial charge < -0.3 is 9.88 Å². The third-order valence-corrected chi connectivity index (χ3v) is 5.32. The molecule has 2 aromatic heterocycles. The van der Waals surface area contributed by atoms with Gasteiger partial charge in [0, 0.05) is 63.0 Å². The van der Waals surface area contributed by atoms with E-state index >= 15 is 0 Å². The van der Waals surface area contributed by atoms with E-state index in [1.165, 1.54) is 5.56 Å². The van der Waals surface area contributed by atoms with Gasteiger partial charge in [-0.2, -0.15) is 0 Å². The fraction of sp³-hybridized carbons (Fsp3) is 0.333. The summed E-state index contributed by atoms with van der Waals surface area (Å²) < 4.78 is 2.19. The molecule has 0 unspecified atom stereocenters. The molecule has 1 N–H and O–H groups in total. The Hall–Kier alpha value is -2.77. The minimum Gasteiger partial charge on any atom is -0.352 e. The van der Waals surface area contributed by atoms with Gasteiger partial charge in [0.1, 0.15) is 11.6 Å². The summed E-state index contributed by atoms with van der Waals surface area (Å²) in [5, 5.41) is 12.4. The van der Waals surface area contributed by atoms with E-state index in [4.69, 9.17) is 11.6 Å². The van der Waals surface area contributed by atoms with E-state index in [0.717, 1.165) is 49.3 Å². The molecule has 0 saturated carbocycles. The first kappa shape index (κ1) is 19.5. The topological polar surface area (TPSA) is 75.9 Å². The number of halogens is 1. The zero-order chi connectivity index (χ0) is 20.1. The highest BCUT2D eigenvalue weighted by Gasteiger charge is 2.19. The van der Waals surface area contributed by atoms with Gasteiger partial charge in [-0.05, 0) is 29.8 Å². The van der Waals surface area contributed by atoms with Crippen molar-refractivity contribution in [1.82, 2.24) is 30.0 Å². The third kappa shape index (κ3) is 4.99. The van der Waals surface area contributed by atoms with Gasteiger partial charge in [0.05, 0.1) is 5.56 Å². The van der Waals surface area contributed by atoms with Crippen LogP contribution in [0.1, 0.15) is 27.6 Å². The van der Waals surface area contributed by atoms with E-state index in [-0.39, 0.29) is 5.91 Å². The minimum absolute atomic E-state index is 0.122. The highest BCUT2D eigenvalue weighted by molar-refractivity contribution is 6.30. The van der Waals surface area contributed by atoms with Crippen molar-refractivity contribution in [3.8, 4) is 0 Å². The Morgan fingerprint density at radius 1 is 1.10 bits per heavy atom. The second kappa shape index (κ2) is 9.15. The Labute approximate surface area is 174 Å². The maximum absolute atomic E-state index is 12.1. The lowest BCUT2D eigenvalue weighted by Crippen LogP contribution is -2.28. The molecule has 3 aromatic rings. The van der Waals surface area contributed by atoms with Crippen LogP contribution in [0.5, 0.6) is 0 Å². The quantitative estimate of drug-likeness (QED) is 0.675. The lowest BCUT2D eigenvalue weighted by molar-refractivity contribution is 0.0953. The van der Waals surface area contributed by atoms with Crippen molar-refractivity contribution in [2.24, 2.45) is 0 Å². The van der Waals surface area contributed by atoms with E-state index in [9.17, 15) is 4.79 Å². The zero-order valence-corrected chi connectivity index (χ0v) is 16.8. The summed E-state index contributed by atoms with van der Waals surface area (Å²) in [5.74, 6) is 1.81. The lowest BCUT2D eigenvalue weighted by Gasteiger charge is -2.19. The first-order valence-electron chi connectivity index (χ1n) is 9.75. The largest absolute Gasteiger partial charge is 0.352 e. The number of carbonyl (C=O) groups is 1. The summed E-state index contributed by atoms with van der Waals surface area (Å²) in [5.41, 5.74) is 1.82. The number of pyridine rings is 1. The number of benzene rings is 1. The van der Waals surface area contributed by atoms with Gasteiger partial charge in [-0.1, -0.05) is 23.7 Å². The number of amides is 1. The van der Waals surface area contributed by atoms with E-state index in [1.54, 1.807) is 24.5 Å². The predicted molar refractivity (Wildman–Crippen MR) is 111 cm³/mol. The molecule has 1 aromatic carbocycles. The van der Waals surface area contributed by atoms with Crippen LogP contribution in [0.15, 0.2) is 48.8 Å². The van der Waals surface area contributed by atoms with Gasteiger partial charge in [0.25, 0.3) is 5.91 Å². The molecule has 4 rings (SSSR count). The van der Waals surface area contributed by atoms with Crippen molar-refractivity contribution in [1.29, 1.82) is 0 Å². The Morgan fingerprint density at radius 3 is 2.76 bits per heavy atom. The fourth-order valence-corrected chi connectivity index (χ4v) is 3.63. The first-order chi connectivity index (χ1) is 14.2. The second-order valence-electron chi connectivity index (χ2n) is 7.08. The maximum Gasteiger partial charge on any atom is 0.252 e. The molecule has 150 valence electrons. The van der Waals surface area contributed by atoms with Crippen LogP contribution in [-0.2, 0) is 25.9 Å². The van der Waals surface area contributed by atoms with Crippen molar-refractivity contribution in [3.63, 3.8) is 0 Å². The van der Waals surface area contributed by atoms with E-state index in [1.807, 2.05) is 12.1 Å². The number of hydrogen-bond donors (Lipinski definition) is 1. The van der Waals surface area contributed by atoms with Crippen LogP contribution in [0.3, 0.4) is 0 Å². The number of hydrogen-bond acceptors (Lipinski definition) is 5. The van der Waals surface area contributed by atoms with Crippen molar-refractivity contribution in [2.75, 3.05) is 19.6 Å². The molecule has 0 fully saturated rings. The summed E-state index contributed by atoms with van der Waals surface area (Å²) in [7, 11) is 0. The molecule has 29 heavy (non-hydrogen) atoms. The number of aromatic nitrogens is 4. The van der Waals surface area contributed by atoms with Crippen LogP contribution < -0.4 is 5.32 Å². The molecule has 8 heteroatoms. The highest BCUT2D eigenvalue weighted by Crippen LogP contribution is 2.15. The number of nitrogens with zero attached hydrogens (tertiary/aromatic N) is 5. The summed E-state index contributed by atoms with van der Waals surface area (Å²) >= 11 is 5.98. The number of nitrogens with one attached hydrogen (secondary N) is 1. The van der Waals surface area contributed by atoms with Crippen molar-refractivity contribution >= 4 is 17.5 Å². The van der Waals surface area contributed by atoms with Gasteiger partial charge in [0.15, 0.2) is 0 Å². The molecule has 0 saturated heterocycles. The molecule has 0 bridgehead atoms. The van der Waals surface area contributed by atoms with Gasteiger partial charge in [-0.3, -0.25) is 14.7 Å². The maximum atomic E-state index is 12.1. The van der Waals surface area contributed by atoms with E-state index < -0.39 is 0 Å². The van der Waals surface area contributed by atoms with Gasteiger partial charge in [-0.25, -0.2) is 0 Å². The molecular formula is C21H23ClN6O. The van der Waals surface area contributed by atoms with Crippen LogP contribution in [0.25, 0.3) is 0 Å². The molecule has 0 radical (unpaired) electrons. The molecule has 1 aliphatic heterocycles. The third-order valence-electron chi connectivity index (χ3n) is 5.07. The summed E-state index contributed by atoms with van der Waals surface area (Å²) in [6.07, 6.45) is 4.73. The normalized spacial score (nSPS) is 14.2. The van der Waals surface area contributed by atoms with Gasteiger partial charge in [0.2, 0.25) is 0 Å². The predicted octanol–water partition coefficient (Wildman–Crippen LogP) is 2.36. The molecule has 0 spiro atoms. The monoisotopic (exact) mass is 410 g/mol. The van der Waals surface area contributed by atoms with E-state index in [2.05, 4.69) is 42.1 Å². The number of rotatable bonds is 6. The zero-order valence-electron chi connectivity index (χ0n) is 16.1. The SMILES string of the molecule is O=C(NCCc1nnc2n1CCN(Cc1ccc(Cl)cc1)CC2)c1cccnc1. The molecule has 1 aliphatic rings. The van der Waals surface area contributed by atoms with Crippen molar-refractivity contribution < 1.29 is 4.79 Å². The lowest BCUT2D eigenvalue weighted by atomic mass is 10.2. The average Bonchev–Trinajstić information content (AvgIpc) is 3.02. The van der Waals surface area contributed by atoms with Crippen LogP contribution in [0.2, 0.25) is 5.02 Å². The minimum atomic E-state index is -0.122. The van der Waals surface area contributed by atoms with Crippen LogP contribution in [0, 0.1) is 0 Å². The molecule has 0 aliphatic carbocycles. The Morgan fingerprint density at radius 2 is 1.97 bits per heavy atom. The molecule has 7 nitrogen and oxygen atoms in total. The molecule has 3 heterocycles. The Kier molecular flexibility index (Phi) is 6.17. The number of fused-ring (bicyclic) bond motifs is 1. The molecular weight excluding hydrogens is 388 g/mol.